The molecule has 0 bridgehead atoms. The van der Waals surface area contributed by atoms with Crippen molar-refractivity contribution < 1.29 is 26.4 Å². The highest BCUT2D eigenvalue weighted by molar-refractivity contribution is 7.90. The molecule has 148 valence electrons. The second-order valence-electron chi connectivity index (χ2n) is 5.72. The number of carbonyl (C=O) groups excluding carboxylic acids is 1. The van der Waals surface area contributed by atoms with Crippen molar-refractivity contribution >= 4 is 15.9 Å². The van der Waals surface area contributed by atoms with Crippen molar-refractivity contribution in [3.05, 3.63) is 70.8 Å². The number of halogens is 3. The van der Waals surface area contributed by atoms with Crippen LogP contribution in [0, 0.1) is 35.7 Å². The lowest BCUT2D eigenvalue weighted by molar-refractivity contribution is 0.0976. The number of sulfonamides is 1. The second kappa shape index (κ2) is 7.36. The van der Waals surface area contributed by atoms with Crippen LogP contribution in [0.2, 0.25) is 0 Å². The number of nitrogens with one attached hydrogen (secondary N) is 1. The zero-order chi connectivity index (χ0) is 21.3. The number of hydrogen-bond donors (Lipinski definition) is 1. The fourth-order valence-electron chi connectivity index (χ4n) is 2.42. The molecule has 0 aliphatic rings. The third kappa shape index (κ3) is 3.81. The Labute approximate surface area is 162 Å². The van der Waals surface area contributed by atoms with Gasteiger partial charge in [0.2, 0.25) is 0 Å². The van der Waals surface area contributed by atoms with Crippen molar-refractivity contribution in [2.45, 2.75) is 11.8 Å². The minimum Gasteiger partial charge on any atom is -0.266 e. The Morgan fingerprint density at radius 3 is 2.52 bits per heavy atom. The number of benzene rings is 2. The quantitative estimate of drug-likeness (QED) is 0.688. The van der Waals surface area contributed by atoms with Crippen LogP contribution in [0.25, 0.3) is 5.69 Å². The van der Waals surface area contributed by atoms with Gasteiger partial charge >= 0.3 is 0 Å². The Morgan fingerprint density at radius 2 is 1.86 bits per heavy atom. The zero-order valence-corrected chi connectivity index (χ0v) is 15.3. The van der Waals surface area contributed by atoms with Crippen LogP contribution in [0.5, 0.6) is 0 Å². The minimum absolute atomic E-state index is 0.0268. The monoisotopic (exact) mass is 421 g/mol. The third-order valence-corrected chi connectivity index (χ3v) is 5.17. The summed E-state index contributed by atoms with van der Waals surface area (Å²) in [6, 6.07) is 7.00. The first-order chi connectivity index (χ1) is 13.6. The number of carbonyl (C=O) groups is 1. The number of amides is 1. The van der Waals surface area contributed by atoms with E-state index in [1.807, 2.05) is 0 Å². The van der Waals surface area contributed by atoms with Crippen molar-refractivity contribution in [1.29, 1.82) is 5.26 Å². The largest absolute Gasteiger partial charge is 0.287 e. The van der Waals surface area contributed by atoms with Crippen LogP contribution in [-0.2, 0) is 10.0 Å². The van der Waals surface area contributed by atoms with Crippen LogP contribution >= 0.6 is 0 Å². The van der Waals surface area contributed by atoms with E-state index in [0.29, 0.717) is 12.1 Å². The molecule has 1 N–H and O–H groups in total. The number of aromatic nitrogens is 3. The van der Waals surface area contributed by atoms with Crippen molar-refractivity contribution in [3.63, 3.8) is 0 Å². The maximum Gasteiger partial charge on any atom is 0.287 e. The number of nitrogens with zero attached hydrogens (tertiary/aromatic N) is 4. The predicted octanol–water partition coefficient (Wildman–Crippen LogP) is 1.98. The van der Waals surface area contributed by atoms with Gasteiger partial charge in [-0.2, -0.15) is 5.26 Å². The first kappa shape index (κ1) is 20.0. The molecule has 1 heterocycles. The molecular weight excluding hydrogens is 411 g/mol. The van der Waals surface area contributed by atoms with Gasteiger partial charge in [-0.3, -0.25) is 4.79 Å². The van der Waals surface area contributed by atoms with Crippen LogP contribution in [0.15, 0.2) is 41.3 Å². The topological polar surface area (TPSA) is 118 Å². The van der Waals surface area contributed by atoms with E-state index in [1.54, 1.807) is 10.8 Å². The highest BCUT2D eigenvalue weighted by Crippen LogP contribution is 2.19. The Hall–Kier alpha value is -3.72. The van der Waals surface area contributed by atoms with Gasteiger partial charge in [0.25, 0.3) is 15.9 Å². The summed E-state index contributed by atoms with van der Waals surface area (Å²) in [7, 11) is -4.75. The van der Waals surface area contributed by atoms with Gasteiger partial charge in [-0.25, -0.2) is 31.0 Å². The number of hydrogen-bond acceptors (Lipinski definition) is 6. The lowest BCUT2D eigenvalue weighted by atomic mass is 10.2. The van der Waals surface area contributed by atoms with Crippen molar-refractivity contribution in [1.82, 2.24) is 19.7 Å². The lowest BCUT2D eigenvalue weighted by Gasteiger charge is -2.08. The smallest absolute Gasteiger partial charge is 0.266 e. The van der Waals surface area contributed by atoms with Gasteiger partial charge in [-0.1, -0.05) is 5.21 Å². The van der Waals surface area contributed by atoms with Gasteiger partial charge in [0.05, 0.1) is 17.3 Å². The SMILES string of the molecule is Cc1c(C(=O)NS(=O)(=O)c2cc(F)ccc2F)nnn1-c1ccc(C#N)cc1F. The summed E-state index contributed by atoms with van der Waals surface area (Å²) < 4.78 is 68.1. The summed E-state index contributed by atoms with van der Waals surface area (Å²) in [6.07, 6.45) is 0. The fraction of sp³-hybridized carbons (Fsp3) is 0.0588. The van der Waals surface area contributed by atoms with Crippen LogP contribution < -0.4 is 4.72 Å². The third-order valence-electron chi connectivity index (χ3n) is 3.82. The molecule has 29 heavy (non-hydrogen) atoms. The van der Waals surface area contributed by atoms with Crippen LogP contribution in [0.3, 0.4) is 0 Å². The van der Waals surface area contributed by atoms with Gasteiger partial charge in [-0.15, -0.1) is 5.10 Å². The molecule has 0 atom stereocenters. The molecule has 8 nitrogen and oxygen atoms in total. The summed E-state index contributed by atoms with van der Waals surface area (Å²) in [5.41, 5.74) is -0.576. The number of rotatable bonds is 4. The van der Waals surface area contributed by atoms with Crippen molar-refractivity contribution in [2.75, 3.05) is 0 Å². The Kier molecular flexibility index (Phi) is 5.08. The molecule has 1 aromatic heterocycles. The molecule has 0 aliphatic heterocycles. The maximum absolute atomic E-state index is 14.2. The van der Waals surface area contributed by atoms with E-state index >= 15 is 0 Å². The molecule has 1 amide bonds. The van der Waals surface area contributed by atoms with Gasteiger partial charge < -0.3 is 0 Å². The van der Waals surface area contributed by atoms with Gasteiger partial charge in [0.15, 0.2) is 5.69 Å². The van der Waals surface area contributed by atoms with E-state index < -0.39 is 44.0 Å². The second-order valence-corrected chi connectivity index (χ2v) is 7.37. The van der Waals surface area contributed by atoms with Gasteiger partial charge in [0.1, 0.15) is 28.0 Å². The van der Waals surface area contributed by atoms with Crippen molar-refractivity contribution in [3.8, 4) is 11.8 Å². The highest BCUT2D eigenvalue weighted by atomic mass is 32.2. The summed E-state index contributed by atoms with van der Waals surface area (Å²) >= 11 is 0. The molecule has 0 unspecified atom stereocenters. The highest BCUT2D eigenvalue weighted by Gasteiger charge is 2.26. The van der Waals surface area contributed by atoms with E-state index in [1.165, 1.54) is 19.1 Å². The molecule has 3 rings (SSSR count). The van der Waals surface area contributed by atoms with E-state index in [2.05, 4.69) is 10.3 Å². The summed E-state index contributed by atoms with van der Waals surface area (Å²) in [5.74, 6) is -4.37. The maximum atomic E-state index is 14.2. The van der Waals surface area contributed by atoms with Crippen LogP contribution in [0.1, 0.15) is 21.7 Å². The molecule has 0 fully saturated rings. The van der Waals surface area contributed by atoms with E-state index in [0.717, 1.165) is 16.8 Å². The molecule has 0 spiro atoms. The number of nitriles is 1. The molecule has 3 aromatic rings. The predicted molar refractivity (Wildman–Crippen MR) is 91.8 cm³/mol. The Balaban J connectivity index is 1.94. The van der Waals surface area contributed by atoms with Gasteiger partial charge in [-0.05, 0) is 43.3 Å². The Bertz CT molecular complexity index is 1280. The Morgan fingerprint density at radius 1 is 1.14 bits per heavy atom. The van der Waals surface area contributed by atoms with E-state index in [4.69, 9.17) is 5.26 Å². The van der Waals surface area contributed by atoms with Crippen LogP contribution in [-0.4, -0.2) is 29.3 Å². The minimum atomic E-state index is -4.75. The summed E-state index contributed by atoms with van der Waals surface area (Å²) in [5, 5.41) is 15.9. The molecule has 0 saturated carbocycles. The molecule has 0 saturated heterocycles. The standard InChI is InChI=1S/C17H10F3N5O3S/c1-9-16(22-24-25(9)14-5-2-10(8-21)6-13(14)20)17(26)23-29(27,28)15-7-11(18)3-4-12(15)19/h2-7H,1H3,(H,23,26). The van der Waals surface area contributed by atoms with E-state index in [-0.39, 0.29) is 16.9 Å². The van der Waals surface area contributed by atoms with Gasteiger partial charge in [0, 0.05) is 0 Å². The summed E-state index contributed by atoms with van der Waals surface area (Å²) in [6.45, 7) is 1.32. The normalized spacial score (nSPS) is 11.1. The molecule has 2 aromatic carbocycles. The molecular formula is C17H10F3N5O3S. The average Bonchev–Trinajstić information content (AvgIpc) is 3.04. The average molecular weight is 421 g/mol. The molecule has 0 radical (unpaired) electrons. The van der Waals surface area contributed by atoms with Crippen molar-refractivity contribution in [2.24, 2.45) is 0 Å². The van der Waals surface area contributed by atoms with Crippen LogP contribution in [0.4, 0.5) is 13.2 Å². The molecule has 12 heteroatoms. The molecule has 0 aliphatic carbocycles. The first-order valence-corrected chi connectivity index (χ1v) is 9.27. The summed E-state index contributed by atoms with van der Waals surface area (Å²) in [4.78, 5) is 11.3. The zero-order valence-electron chi connectivity index (χ0n) is 14.5. The first-order valence-electron chi connectivity index (χ1n) is 7.78. The van der Waals surface area contributed by atoms with E-state index in [9.17, 15) is 26.4 Å². The lowest BCUT2D eigenvalue weighted by Crippen LogP contribution is -2.32. The fourth-order valence-corrected chi connectivity index (χ4v) is 3.47.